The molecule has 0 amide bonds. The van der Waals surface area contributed by atoms with Crippen molar-refractivity contribution >= 4 is 5.97 Å². The van der Waals surface area contributed by atoms with Crippen molar-refractivity contribution in [2.24, 2.45) is 11.8 Å². The fourth-order valence-corrected chi connectivity index (χ4v) is 3.56. The van der Waals surface area contributed by atoms with E-state index in [1.807, 2.05) is 13.0 Å². The molecule has 24 heavy (non-hydrogen) atoms. The lowest BCUT2D eigenvalue weighted by atomic mass is 9.84. The second-order valence-corrected chi connectivity index (χ2v) is 7.21. The van der Waals surface area contributed by atoms with E-state index in [4.69, 9.17) is 4.74 Å². The van der Waals surface area contributed by atoms with Gasteiger partial charge in [-0.1, -0.05) is 31.2 Å². The summed E-state index contributed by atoms with van der Waals surface area (Å²) in [4.78, 5) is 11.9. The van der Waals surface area contributed by atoms with Crippen LogP contribution in [0.4, 0.5) is 0 Å². The van der Waals surface area contributed by atoms with Gasteiger partial charge in [-0.3, -0.25) is 0 Å². The molecule has 0 bridgehead atoms. The van der Waals surface area contributed by atoms with E-state index in [1.165, 1.54) is 5.57 Å². The first-order valence-electron chi connectivity index (χ1n) is 8.96. The van der Waals surface area contributed by atoms with Crippen LogP contribution in [0.2, 0.25) is 0 Å². The summed E-state index contributed by atoms with van der Waals surface area (Å²) in [6.45, 7) is 8.02. The van der Waals surface area contributed by atoms with E-state index in [0.717, 1.165) is 37.7 Å². The molecular weight excluding hydrogens is 304 g/mol. The second-order valence-electron chi connectivity index (χ2n) is 7.21. The summed E-state index contributed by atoms with van der Waals surface area (Å²) in [5.41, 5.74) is 2.75. The largest absolute Gasteiger partial charge is 0.456 e. The van der Waals surface area contributed by atoms with E-state index < -0.39 is 18.2 Å². The standard InChI is InChI=1S/C20H30O4/c1-13-6-4-8-14(2)18(22)19-17(15(3)20(23)24-19)11-10-16(12-21)9-5-7-13/h7,10,14,17-19,21-22H,3-6,8-9,11-12H2,1-2H3/b13-7-,16-10+/t14?,17-,18+,19-/m0/s1. The average Bonchev–Trinajstić information content (AvgIpc) is 2.84. The van der Waals surface area contributed by atoms with Crippen LogP contribution < -0.4 is 0 Å². The van der Waals surface area contributed by atoms with E-state index in [1.54, 1.807) is 0 Å². The maximum Gasteiger partial charge on any atom is 0.334 e. The fraction of sp³-hybridized carbons (Fsp3) is 0.650. The lowest BCUT2D eigenvalue weighted by Gasteiger charge is -2.27. The van der Waals surface area contributed by atoms with E-state index in [-0.39, 0.29) is 18.4 Å². The molecule has 1 heterocycles. The maximum absolute atomic E-state index is 11.9. The van der Waals surface area contributed by atoms with Crippen LogP contribution in [0.5, 0.6) is 0 Å². The van der Waals surface area contributed by atoms with E-state index in [9.17, 15) is 15.0 Å². The van der Waals surface area contributed by atoms with Crippen molar-refractivity contribution < 1.29 is 19.7 Å². The summed E-state index contributed by atoms with van der Waals surface area (Å²) in [7, 11) is 0. The molecule has 0 radical (unpaired) electrons. The van der Waals surface area contributed by atoms with Crippen LogP contribution >= 0.6 is 0 Å². The number of carbonyl (C=O) groups excluding carboxylic acids is 1. The third-order valence-electron chi connectivity index (χ3n) is 5.32. The zero-order valence-corrected chi connectivity index (χ0v) is 14.8. The molecule has 1 aliphatic heterocycles. The average molecular weight is 334 g/mol. The Balaban J connectivity index is 2.23. The maximum atomic E-state index is 11.9. The van der Waals surface area contributed by atoms with Gasteiger partial charge in [0.15, 0.2) is 0 Å². The van der Waals surface area contributed by atoms with Crippen LogP contribution in [-0.4, -0.2) is 35.0 Å². The smallest absolute Gasteiger partial charge is 0.334 e. The summed E-state index contributed by atoms with van der Waals surface area (Å²) in [6.07, 6.45) is 8.22. The van der Waals surface area contributed by atoms with Gasteiger partial charge in [0.25, 0.3) is 0 Å². The molecule has 0 aromatic carbocycles. The number of esters is 1. The molecule has 4 atom stereocenters. The van der Waals surface area contributed by atoms with Crippen molar-refractivity contribution in [3.05, 3.63) is 35.5 Å². The monoisotopic (exact) mass is 334 g/mol. The van der Waals surface area contributed by atoms with Crippen molar-refractivity contribution in [3.63, 3.8) is 0 Å². The molecule has 134 valence electrons. The number of rotatable bonds is 1. The van der Waals surface area contributed by atoms with Gasteiger partial charge in [0, 0.05) is 11.5 Å². The predicted octanol–water partition coefficient (Wildman–Crippen LogP) is 3.30. The molecular formula is C20H30O4. The minimum Gasteiger partial charge on any atom is -0.456 e. The topological polar surface area (TPSA) is 66.8 Å². The Hall–Kier alpha value is -1.39. The molecule has 2 aliphatic rings. The molecule has 0 saturated carbocycles. The number of allylic oxidation sites excluding steroid dienone is 3. The first kappa shape index (κ1) is 18.9. The van der Waals surface area contributed by atoms with Crippen LogP contribution in [0, 0.1) is 11.8 Å². The highest BCUT2D eigenvalue weighted by atomic mass is 16.6. The predicted molar refractivity (Wildman–Crippen MR) is 94.3 cm³/mol. The third kappa shape index (κ3) is 4.58. The summed E-state index contributed by atoms with van der Waals surface area (Å²) in [5.74, 6) is -0.554. The number of carbonyl (C=O) groups is 1. The lowest BCUT2D eigenvalue weighted by Crippen LogP contribution is -2.36. The molecule has 4 nitrogen and oxygen atoms in total. The zero-order valence-electron chi connectivity index (χ0n) is 14.8. The molecule has 1 fully saturated rings. The van der Waals surface area contributed by atoms with E-state index >= 15 is 0 Å². The summed E-state index contributed by atoms with van der Waals surface area (Å²) in [6, 6.07) is 0. The highest BCUT2D eigenvalue weighted by molar-refractivity contribution is 5.90. The Kier molecular flexibility index (Phi) is 6.81. The summed E-state index contributed by atoms with van der Waals surface area (Å²) < 4.78 is 5.42. The molecule has 0 spiro atoms. The number of hydrogen-bond donors (Lipinski definition) is 2. The van der Waals surface area contributed by atoms with Crippen LogP contribution in [0.25, 0.3) is 0 Å². The first-order valence-corrected chi connectivity index (χ1v) is 8.96. The Labute approximate surface area is 144 Å². The van der Waals surface area contributed by atoms with Crippen molar-refractivity contribution in [1.82, 2.24) is 0 Å². The molecule has 2 N–H and O–H groups in total. The molecule has 4 heteroatoms. The Bertz CT molecular complexity index is 532. The van der Waals surface area contributed by atoms with Crippen molar-refractivity contribution in [3.8, 4) is 0 Å². The van der Waals surface area contributed by atoms with Crippen molar-refractivity contribution in [1.29, 1.82) is 0 Å². The van der Waals surface area contributed by atoms with E-state index in [0.29, 0.717) is 12.0 Å². The van der Waals surface area contributed by atoms with Crippen LogP contribution in [-0.2, 0) is 9.53 Å². The molecule has 1 unspecified atom stereocenters. The van der Waals surface area contributed by atoms with Crippen molar-refractivity contribution in [2.45, 2.75) is 64.6 Å². The van der Waals surface area contributed by atoms with Gasteiger partial charge in [-0.2, -0.15) is 0 Å². The fourth-order valence-electron chi connectivity index (χ4n) is 3.56. The first-order chi connectivity index (χ1) is 11.4. The van der Waals surface area contributed by atoms with Crippen molar-refractivity contribution in [2.75, 3.05) is 6.61 Å². The zero-order chi connectivity index (χ0) is 17.7. The van der Waals surface area contributed by atoms with Crippen LogP contribution in [0.3, 0.4) is 0 Å². The summed E-state index contributed by atoms with van der Waals surface area (Å²) >= 11 is 0. The highest BCUT2D eigenvalue weighted by Gasteiger charge is 2.43. The lowest BCUT2D eigenvalue weighted by molar-refractivity contribution is -0.145. The van der Waals surface area contributed by atoms with Crippen LogP contribution in [0.15, 0.2) is 35.5 Å². The summed E-state index contributed by atoms with van der Waals surface area (Å²) in [5, 5.41) is 20.2. The van der Waals surface area contributed by atoms with Gasteiger partial charge < -0.3 is 14.9 Å². The third-order valence-corrected chi connectivity index (χ3v) is 5.32. The Morgan fingerprint density at radius 1 is 1.33 bits per heavy atom. The van der Waals surface area contributed by atoms with Crippen LogP contribution in [0.1, 0.15) is 52.4 Å². The molecule has 0 aromatic rings. The normalized spacial score (nSPS) is 37.5. The number of ether oxygens (including phenoxy) is 1. The Morgan fingerprint density at radius 3 is 2.79 bits per heavy atom. The SMILES string of the molecule is C=C1C(=O)O[C@@H]2[C@H](O)C(C)CCC/C(C)=C\CC/C(CO)=C\C[C@@H]12. The Morgan fingerprint density at radius 2 is 2.08 bits per heavy atom. The molecule has 0 aromatic heterocycles. The minimum atomic E-state index is -0.684. The van der Waals surface area contributed by atoms with Gasteiger partial charge in [0.05, 0.1) is 12.7 Å². The van der Waals surface area contributed by atoms with Gasteiger partial charge in [0.1, 0.15) is 6.10 Å². The number of hydrogen-bond acceptors (Lipinski definition) is 4. The number of aliphatic hydroxyl groups excluding tert-OH is 2. The molecule has 2 rings (SSSR count). The number of aliphatic hydroxyl groups is 2. The molecule has 1 saturated heterocycles. The molecule has 1 aliphatic carbocycles. The van der Waals surface area contributed by atoms with Gasteiger partial charge >= 0.3 is 5.97 Å². The highest BCUT2D eigenvalue weighted by Crippen LogP contribution is 2.35. The van der Waals surface area contributed by atoms with Gasteiger partial charge in [-0.05, 0) is 56.9 Å². The van der Waals surface area contributed by atoms with E-state index in [2.05, 4.69) is 19.6 Å². The van der Waals surface area contributed by atoms with Gasteiger partial charge in [-0.15, -0.1) is 0 Å². The second kappa shape index (κ2) is 8.63. The van der Waals surface area contributed by atoms with Gasteiger partial charge in [0.2, 0.25) is 0 Å². The quantitative estimate of drug-likeness (QED) is 0.439. The number of fused-ring (bicyclic) bond motifs is 1. The van der Waals surface area contributed by atoms with Gasteiger partial charge in [-0.25, -0.2) is 4.79 Å². The minimum absolute atomic E-state index is 0.0184.